The van der Waals surface area contributed by atoms with Crippen molar-refractivity contribution in [3.8, 4) is 17.2 Å². The summed E-state index contributed by atoms with van der Waals surface area (Å²) in [5, 5.41) is 8.27. The van der Waals surface area contributed by atoms with Crippen molar-refractivity contribution in [3.63, 3.8) is 0 Å². The highest BCUT2D eigenvalue weighted by atomic mass is 16.5. The molecule has 1 atom stereocenters. The van der Waals surface area contributed by atoms with E-state index in [4.69, 9.17) is 18.9 Å². The summed E-state index contributed by atoms with van der Waals surface area (Å²) in [6.45, 7) is 1.21. The van der Waals surface area contributed by atoms with Crippen LogP contribution in [-0.2, 0) is 9.53 Å². The molecule has 0 saturated carbocycles. The zero-order chi connectivity index (χ0) is 24.5. The van der Waals surface area contributed by atoms with Crippen molar-refractivity contribution < 1.29 is 33.3 Å². The van der Waals surface area contributed by atoms with E-state index >= 15 is 0 Å². The molecule has 0 bridgehead atoms. The highest BCUT2D eigenvalue weighted by Crippen LogP contribution is 2.38. The minimum Gasteiger partial charge on any atom is -0.493 e. The number of hydrogen-bond acceptors (Lipinski definition) is 7. The molecule has 2 aromatic rings. The number of methoxy groups -OCH3 is 3. The predicted molar refractivity (Wildman–Crippen MR) is 125 cm³/mol. The van der Waals surface area contributed by atoms with Gasteiger partial charge < -0.3 is 34.9 Å². The first-order valence-corrected chi connectivity index (χ1v) is 10.9. The number of nitrogens with one attached hydrogen (secondary N) is 3. The van der Waals surface area contributed by atoms with Gasteiger partial charge in [0, 0.05) is 36.5 Å². The molecule has 0 aliphatic carbocycles. The Bertz CT molecular complexity index is 993. The fraction of sp³-hybridized carbons (Fsp3) is 0.375. The van der Waals surface area contributed by atoms with Gasteiger partial charge in [-0.3, -0.25) is 14.4 Å². The Morgan fingerprint density at radius 1 is 0.882 bits per heavy atom. The van der Waals surface area contributed by atoms with Crippen molar-refractivity contribution in [1.29, 1.82) is 0 Å². The number of amides is 3. The van der Waals surface area contributed by atoms with Gasteiger partial charge in [-0.2, -0.15) is 0 Å². The lowest BCUT2D eigenvalue weighted by molar-refractivity contribution is -0.129. The van der Waals surface area contributed by atoms with Crippen LogP contribution in [0, 0.1) is 0 Å². The molecule has 3 rings (SSSR count). The summed E-state index contributed by atoms with van der Waals surface area (Å²) in [7, 11) is 4.43. The molecule has 10 nitrogen and oxygen atoms in total. The molecule has 1 unspecified atom stereocenters. The molecule has 0 aromatic heterocycles. The average Bonchev–Trinajstić information content (AvgIpc) is 3.41. The molecule has 3 N–H and O–H groups in total. The lowest BCUT2D eigenvalue weighted by atomic mass is 10.1. The average molecular weight is 472 g/mol. The Kier molecular flexibility index (Phi) is 8.69. The molecule has 0 spiro atoms. The smallest absolute Gasteiger partial charge is 0.255 e. The van der Waals surface area contributed by atoms with E-state index in [0.29, 0.717) is 47.2 Å². The van der Waals surface area contributed by atoms with E-state index in [1.54, 1.807) is 36.4 Å². The van der Waals surface area contributed by atoms with Crippen LogP contribution in [0.5, 0.6) is 17.2 Å². The van der Waals surface area contributed by atoms with Crippen molar-refractivity contribution in [2.45, 2.75) is 18.9 Å². The largest absolute Gasteiger partial charge is 0.493 e. The van der Waals surface area contributed by atoms with Crippen molar-refractivity contribution in [1.82, 2.24) is 10.6 Å². The highest BCUT2D eigenvalue weighted by molar-refractivity contribution is 6.05. The van der Waals surface area contributed by atoms with Crippen molar-refractivity contribution >= 4 is 23.4 Å². The normalized spacial score (nSPS) is 14.7. The third kappa shape index (κ3) is 6.16. The Balaban J connectivity index is 1.52. The second-order valence-electron chi connectivity index (χ2n) is 7.49. The monoisotopic (exact) mass is 471 g/mol. The maximum atomic E-state index is 12.7. The zero-order valence-corrected chi connectivity index (χ0v) is 19.4. The lowest BCUT2D eigenvalue weighted by Crippen LogP contribution is -2.39. The fourth-order valence-corrected chi connectivity index (χ4v) is 3.48. The number of rotatable bonds is 10. The number of benzene rings is 2. The molecule has 3 amide bonds. The number of carbonyl (C=O) groups is 3. The van der Waals surface area contributed by atoms with Crippen LogP contribution in [0.4, 0.5) is 5.69 Å². The molecule has 0 radical (unpaired) electrons. The second-order valence-corrected chi connectivity index (χ2v) is 7.49. The second kappa shape index (κ2) is 11.9. The summed E-state index contributed by atoms with van der Waals surface area (Å²) in [4.78, 5) is 36.9. The summed E-state index contributed by atoms with van der Waals surface area (Å²) >= 11 is 0. The third-order valence-electron chi connectivity index (χ3n) is 5.26. The molecule has 182 valence electrons. The van der Waals surface area contributed by atoms with Crippen molar-refractivity contribution in [2.24, 2.45) is 0 Å². The zero-order valence-electron chi connectivity index (χ0n) is 19.4. The Morgan fingerprint density at radius 3 is 2.09 bits per heavy atom. The molecular weight excluding hydrogens is 442 g/mol. The minimum atomic E-state index is -0.390. The van der Waals surface area contributed by atoms with Gasteiger partial charge in [0.15, 0.2) is 11.5 Å². The van der Waals surface area contributed by atoms with Gasteiger partial charge in [0.2, 0.25) is 11.7 Å². The van der Waals surface area contributed by atoms with Crippen LogP contribution < -0.4 is 30.2 Å². The van der Waals surface area contributed by atoms with Gasteiger partial charge in [-0.1, -0.05) is 0 Å². The number of carbonyl (C=O) groups excluding carboxylic acids is 3. The Labute approximate surface area is 197 Å². The van der Waals surface area contributed by atoms with E-state index in [1.165, 1.54) is 21.3 Å². The molecule has 1 saturated heterocycles. The first-order valence-electron chi connectivity index (χ1n) is 10.9. The summed E-state index contributed by atoms with van der Waals surface area (Å²) < 4.78 is 21.2. The van der Waals surface area contributed by atoms with Gasteiger partial charge in [-0.05, 0) is 49.2 Å². The van der Waals surface area contributed by atoms with Crippen LogP contribution in [0.3, 0.4) is 0 Å². The van der Waals surface area contributed by atoms with Gasteiger partial charge in [0.05, 0.1) is 21.3 Å². The molecular formula is C24H29N3O7. The van der Waals surface area contributed by atoms with E-state index in [0.717, 1.165) is 12.8 Å². The van der Waals surface area contributed by atoms with Gasteiger partial charge in [-0.15, -0.1) is 0 Å². The summed E-state index contributed by atoms with van der Waals surface area (Å²) in [6, 6.07) is 9.57. The van der Waals surface area contributed by atoms with E-state index in [-0.39, 0.29) is 24.3 Å². The number of hydrogen-bond donors (Lipinski definition) is 3. The van der Waals surface area contributed by atoms with Crippen LogP contribution in [-0.4, -0.2) is 64.9 Å². The highest BCUT2D eigenvalue weighted by Gasteiger charge is 2.23. The molecule has 10 heteroatoms. The summed E-state index contributed by atoms with van der Waals surface area (Å²) in [5.41, 5.74) is 1.26. The molecule has 1 fully saturated rings. The van der Waals surface area contributed by atoms with Crippen molar-refractivity contribution in [3.05, 3.63) is 47.5 Å². The van der Waals surface area contributed by atoms with Crippen LogP contribution >= 0.6 is 0 Å². The van der Waals surface area contributed by atoms with Gasteiger partial charge in [0.25, 0.3) is 11.8 Å². The maximum Gasteiger partial charge on any atom is 0.255 e. The van der Waals surface area contributed by atoms with E-state index < -0.39 is 6.10 Å². The molecule has 1 aliphatic heterocycles. The lowest BCUT2D eigenvalue weighted by Gasteiger charge is -2.14. The van der Waals surface area contributed by atoms with Gasteiger partial charge >= 0.3 is 0 Å². The molecule has 34 heavy (non-hydrogen) atoms. The SMILES string of the molecule is COc1cc(C(=O)Nc2ccc(C(=O)NCCNC(=O)C3CCCO3)cc2)cc(OC)c1OC. The third-order valence-corrected chi connectivity index (χ3v) is 5.26. The van der Waals surface area contributed by atoms with Crippen LogP contribution in [0.2, 0.25) is 0 Å². The summed E-state index contributed by atoms with van der Waals surface area (Å²) in [6.07, 6.45) is 1.22. The summed E-state index contributed by atoms with van der Waals surface area (Å²) in [5.74, 6) is 0.312. The predicted octanol–water partition coefficient (Wildman–Crippen LogP) is 1.99. The van der Waals surface area contributed by atoms with Crippen LogP contribution in [0.1, 0.15) is 33.6 Å². The van der Waals surface area contributed by atoms with E-state index in [9.17, 15) is 14.4 Å². The van der Waals surface area contributed by atoms with Crippen molar-refractivity contribution in [2.75, 3.05) is 46.3 Å². The quantitative estimate of drug-likeness (QED) is 0.453. The maximum absolute atomic E-state index is 12.7. The van der Waals surface area contributed by atoms with Gasteiger partial charge in [-0.25, -0.2) is 0 Å². The molecule has 1 heterocycles. The molecule has 2 aromatic carbocycles. The van der Waals surface area contributed by atoms with E-state index in [1.807, 2.05) is 0 Å². The number of ether oxygens (including phenoxy) is 4. The Morgan fingerprint density at radius 2 is 1.53 bits per heavy atom. The van der Waals surface area contributed by atoms with E-state index in [2.05, 4.69) is 16.0 Å². The first kappa shape index (κ1) is 24.8. The topological polar surface area (TPSA) is 124 Å². The van der Waals surface area contributed by atoms with Crippen LogP contribution in [0.15, 0.2) is 36.4 Å². The van der Waals surface area contributed by atoms with Gasteiger partial charge in [0.1, 0.15) is 6.10 Å². The standard InChI is InChI=1S/C24H29N3O7/c1-31-19-13-16(14-20(32-2)21(19)33-3)23(29)27-17-8-6-15(7-9-17)22(28)25-10-11-26-24(30)18-5-4-12-34-18/h6-9,13-14,18H,4-5,10-12H2,1-3H3,(H,25,28)(H,26,30)(H,27,29). The minimum absolute atomic E-state index is 0.154. The number of anilines is 1. The molecule has 1 aliphatic rings. The first-order chi connectivity index (χ1) is 16.5. The van der Waals surface area contributed by atoms with Crippen LogP contribution in [0.25, 0.3) is 0 Å². The Hall–Kier alpha value is -3.79. The fourth-order valence-electron chi connectivity index (χ4n) is 3.48.